The Balaban J connectivity index is 2.43. The van der Waals surface area contributed by atoms with Crippen LogP contribution in [0.5, 0.6) is 0 Å². The van der Waals surface area contributed by atoms with Gasteiger partial charge in [-0.05, 0) is 44.1 Å². The molecule has 1 heterocycles. The molecule has 1 aliphatic rings. The summed E-state index contributed by atoms with van der Waals surface area (Å²) >= 11 is 0. The number of ether oxygens (including phenoxy) is 1. The van der Waals surface area contributed by atoms with Crippen molar-refractivity contribution < 1.29 is 4.74 Å². The van der Waals surface area contributed by atoms with E-state index >= 15 is 0 Å². The Morgan fingerprint density at radius 2 is 2.06 bits per heavy atom. The molecule has 2 heteroatoms. The van der Waals surface area contributed by atoms with Gasteiger partial charge in [0.2, 0.25) is 0 Å². The van der Waals surface area contributed by atoms with E-state index in [0.717, 1.165) is 19.1 Å². The van der Waals surface area contributed by atoms with Crippen molar-refractivity contribution in [1.29, 1.82) is 0 Å². The van der Waals surface area contributed by atoms with Crippen LogP contribution in [0.15, 0.2) is 0 Å². The number of rotatable bonds is 6. The average molecular weight is 227 g/mol. The number of nitrogens with one attached hydrogen (secondary N) is 1. The summed E-state index contributed by atoms with van der Waals surface area (Å²) in [6, 6.07) is 0.699. The van der Waals surface area contributed by atoms with Crippen molar-refractivity contribution in [3.05, 3.63) is 0 Å². The number of hydrogen-bond donors (Lipinski definition) is 1. The molecule has 1 aliphatic heterocycles. The van der Waals surface area contributed by atoms with Crippen LogP contribution in [0.4, 0.5) is 0 Å². The van der Waals surface area contributed by atoms with E-state index in [9.17, 15) is 0 Å². The molecule has 0 radical (unpaired) electrons. The summed E-state index contributed by atoms with van der Waals surface area (Å²) in [5, 5.41) is 3.69. The van der Waals surface area contributed by atoms with Crippen LogP contribution in [0.3, 0.4) is 0 Å². The fourth-order valence-corrected chi connectivity index (χ4v) is 2.66. The maximum absolute atomic E-state index is 5.84. The average Bonchev–Trinajstić information content (AvgIpc) is 2.30. The van der Waals surface area contributed by atoms with Crippen LogP contribution >= 0.6 is 0 Å². The minimum atomic E-state index is 0.483. The molecule has 2 nitrogen and oxygen atoms in total. The van der Waals surface area contributed by atoms with Gasteiger partial charge < -0.3 is 10.1 Å². The third-order valence-corrected chi connectivity index (χ3v) is 3.76. The van der Waals surface area contributed by atoms with E-state index in [-0.39, 0.29) is 0 Å². The van der Waals surface area contributed by atoms with Crippen LogP contribution in [-0.2, 0) is 4.74 Å². The summed E-state index contributed by atoms with van der Waals surface area (Å²) < 4.78 is 5.84. The summed E-state index contributed by atoms with van der Waals surface area (Å²) in [5.41, 5.74) is 0. The lowest BCUT2D eigenvalue weighted by Crippen LogP contribution is -2.42. The highest BCUT2D eigenvalue weighted by molar-refractivity contribution is 4.82. The highest BCUT2D eigenvalue weighted by Gasteiger charge is 2.29. The van der Waals surface area contributed by atoms with Gasteiger partial charge in [0.05, 0.1) is 6.10 Å². The van der Waals surface area contributed by atoms with Gasteiger partial charge in [-0.15, -0.1) is 0 Å². The predicted molar refractivity (Wildman–Crippen MR) is 69.7 cm³/mol. The fourth-order valence-electron chi connectivity index (χ4n) is 2.66. The molecule has 0 amide bonds. The highest BCUT2D eigenvalue weighted by Crippen LogP contribution is 2.28. The van der Waals surface area contributed by atoms with Crippen molar-refractivity contribution in [3.8, 4) is 0 Å². The quantitative estimate of drug-likeness (QED) is 0.752. The molecule has 0 saturated carbocycles. The summed E-state index contributed by atoms with van der Waals surface area (Å²) in [7, 11) is 0. The van der Waals surface area contributed by atoms with Crippen LogP contribution in [0.2, 0.25) is 0 Å². The molecule has 0 aliphatic carbocycles. The van der Waals surface area contributed by atoms with Gasteiger partial charge in [-0.25, -0.2) is 0 Å². The standard InChI is InChI=1S/C14H29NO/c1-5-8-15-13(6-2)12-7-9-16-14(10-12)11(3)4/h11-15H,5-10H2,1-4H3. The van der Waals surface area contributed by atoms with E-state index in [1.54, 1.807) is 0 Å². The Morgan fingerprint density at radius 1 is 1.31 bits per heavy atom. The molecular formula is C14H29NO. The zero-order valence-electron chi connectivity index (χ0n) is 11.5. The summed E-state index contributed by atoms with van der Waals surface area (Å²) in [6.45, 7) is 11.2. The highest BCUT2D eigenvalue weighted by atomic mass is 16.5. The fraction of sp³-hybridized carbons (Fsp3) is 1.00. The van der Waals surface area contributed by atoms with Crippen LogP contribution < -0.4 is 5.32 Å². The van der Waals surface area contributed by atoms with E-state index in [1.807, 2.05) is 0 Å². The lowest BCUT2D eigenvalue weighted by atomic mass is 9.84. The third-order valence-electron chi connectivity index (χ3n) is 3.76. The molecule has 1 N–H and O–H groups in total. The first-order valence-corrected chi connectivity index (χ1v) is 7.04. The molecular weight excluding hydrogens is 198 g/mol. The molecule has 0 aromatic heterocycles. The Hall–Kier alpha value is -0.0800. The lowest BCUT2D eigenvalue weighted by Gasteiger charge is -2.36. The summed E-state index contributed by atoms with van der Waals surface area (Å²) in [4.78, 5) is 0. The van der Waals surface area contributed by atoms with Gasteiger partial charge in [-0.3, -0.25) is 0 Å². The second-order valence-electron chi connectivity index (χ2n) is 5.41. The maximum atomic E-state index is 5.84. The topological polar surface area (TPSA) is 21.3 Å². The smallest absolute Gasteiger partial charge is 0.0601 e. The van der Waals surface area contributed by atoms with Gasteiger partial charge in [0, 0.05) is 12.6 Å². The molecule has 0 spiro atoms. The summed E-state index contributed by atoms with van der Waals surface area (Å²) in [5.74, 6) is 1.48. The largest absolute Gasteiger partial charge is 0.378 e. The van der Waals surface area contributed by atoms with Crippen LogP contribution in [0, 0.1) is 11.8 Å². The van der Waals surface area contributed by atoms with Crippen molar-refractivity contribution in [3.63, 3.8) is 0 Å². The van der Waals surface area contributed by atoms with E-state index in [0.29, 0.717) is 18.1 Å². The molecule has 0 bridgehead atoms. The van der Waals surface area contributed by atoms with Crippen LogP contribution in [0.1, 0.15) is 53.4 Å². The minimum Gasteiger partial charge on any atom is -0.378 e. The maximum Gasteiger partial charge on any atom is 0.0601 e. The van der Waals surface area contributed by atoms with E-state index in [2.05, 4.69) is 33.0 Å². The first-order chi connectivity index (χ1) is 7.69. The molecule has 3 unspecified atom stereocenters. The SMILES string of the molecule is CCCNC(CC)C1CCOC(C(C)C)C1. The molecule has 1 saturated heterocycles. The molecule has 16 heavy (non-hydrogen) atoms. The van der Waals surface area contributed by atoms with Crippen molar-refractivity contribution in [2.75, 3.05) is 13.2 Å². The predicted octanol–water partition coefficient (Wildman–Crippen LogP) is 3.22. The number of hydrogen-bond acceptors (Lipinski definition) is 2. The normalized spacial score (nSPS) is 28.3. The Labute approximate surface area is 101 Å². The third kappa shape index (κ3) is 4.06. The zero-order valence-corrected chi connectivity index (χ0v) is 11.5. The Kier molecular flexibility index (Phi) is 6.37. The second-order valence-corrected chi connectivity index (χ2v) is 5.41. The summed E-state index contributed by atoms with van der Waals surface area (Å²) in [6.07, 6.45) is 5.44. The van der Waals surface area contributed by atoms with E-state index in [1.165, 1.54) is 25.7 Å². The lowest BCUT2D eigenvalue weighted by molar-refractivity contribution is -0.0412. The first kappa shape index (κ1) is 14.0. The molecule has 0 aromatic rings. The Morgan fingerprint density at radius 3 is 2.62 bits per heavy atom. The zero-order chi connectivity index (χ0) is 12.0. The van der Waals surface area contributed by atoms with Gasteiger partial charge in [0.15, 0.2) is 0 Å². The van der Waals surface area contributed by atoms with Crippen LogP contribution in [-0.4, -0.2) is 25.3 Å². The van der Waals surface area contributed by atoms with E-state index in [4.69, 9.17) is 4.74 Å². The molecule has 1 rings (SSSR count). The van der Waals surface area contributed by atoms with Gasteiger partial charge in [-0.1, -0.05) is 27.7 Å². The van der Waals surface area contributed by atoms with Crippen molar-refractivity contribution in [1.82, 2.24) is 5.32 Å². The molecule has 3 atom stereocenters. The van der Waals surface area contributed by atoms with Crippen molar-refractivity contribution in [2.24, 2.45) is 11.8 Å². The Bertz CT molecular complexity index is 182. The monoisotopic (exact) mass is 227 g/mol. The first-order valence-electron chi connectivity index (χ1n) is 7.04. The van der Waals surface area contributed by atoms with Crippen molar-refractivity contribution >= 4 is 0 Å². The van der Waals surface area contributed by atoms with Gasteiger partial charge in [0.25, 0.3) is 0 Å². The molecule has 96 valence electrons. The van der Waals surface area contributed by atoms with E-state index < -0.39 is 0 Å². The minimum absolute atomic E-state index is 0.483. The second kappa shape index (κ2) is 7.29. The van der Waals surface area contributed by atoms with Crippen molar-refractivity contribution in [2.45, 2.75) is 65.5 Å². The molecule has 1 fully saturated rings. The van der Waals surface area contributed by atoms with Gasteiger partial charge in [0.1, 0.15) is 0 Å². The molecule has 0 aromatic carbocycles. The van der Waals surface area contributed by atoms with Gasteiger partial charge >= 0.3 is 0 Å². The van der Waals surface area contributed by atoms with Crippen LogP contribution in [0.25, 0.3) is 0 Å². The van der Waals surface area contributed by atoms with Gasteiger partial charge in [-0.2, -0.15) is 0 Å².